The van der Waals surface area contributed by atoms with Crippen molar-refractivity contribution in [1.29, 1.82) is 0 Å². The van der Waals surface area contributed by atoms with Gasteiger partial charge >= 0.3 is 0 Å². The van der Waals surface area contributed by atoms with Gasteiger partial charge in [0.2, 0.25) is 5.91 Å². The van der Waals surface area contributed by atoms with Gasteiger partial charge in [-0.25, -0.2) is 0 Å². The van der Waals surface area contributed by atoms with E-state index in [1.807, 2.05) is 16.3 Å². The van der Waals surface area contributed by atoms with E-state index in [4.69, 9.17) is 5.11 Å². The zero-order chi connectivity index (χ0) is 12.1. The number of amides is 1. The van der Waals surface area contributed by atoms with Crippen LogP contribution in [0.5, 0.6) is 0 Å². The van der Waals surface area contributed by atoms with Crippen molar-refractivity contribution < 1.29 is 9.90 Å². The van der Waals surface area contributed by atoms with Gasteiger partial charge in [0, 0.05) is 35.2 Å². The van der Waals surface area contributed by atoms with Gasteiger partial charge in [-0.05, 0) is 12.5 Å². The Morgan fingerprint density at radius 2 is 2.41 bits per heavy atom. The second kappa shape index (κ2) is 5.85. The lowest BCUT2D eigenvalue weighted by Gasteiger charge is -2.13. The molecule has 1 fully saturated rings. The van der Waals surface area contributed by atoms with Crippen molar-refractivity contribution in [2.24, 2.45) is 0 Å². The van der Waals surface area contributed by atoms with Gasteiger partial charge < -0.3 is 10.0 Å². The molecule has 0 aliphatic carbocycles. The van der Waals surface area contributed by atoms with E-state index in [2.05, 4.69) is 11.8 Å². The van der Waals surface area contributed by atoms with E-state index in [-0.39, 0.29) is 12.5 Å². The molecular weight excluding hydrogens is 234 g/mol. The number of hydrogen-bond acceptors (Lipinski definition) is 3. The minimum absolute atomic E-state index is 0.103. The zero-order valence-electron chi connectivity index (χ0n) is 9.61. The predicted molar refractivity (Wildman–Crippen MR) is 67.6 cm³/mol. The molecule has 4 heteroatoms. The molecule has 1 aliphatic heterocycles. The maximum atomic E-state index is 11.5. The van der Waals surface area contributed by atoms with Crippen molar-refractivity contribution in [1.82, 2.24) is 4.90 Å². The summed E-state index contributed by atoms with van der Waals surface area (Å²) in [6.45, 7) is 1.69. The van der Waals surface area contributed by atoms with E-state index in [9.17, 15) is 4.79 Å². The second-order valence-electron chi connectivity index (χ2n) is 4.00. The molecule has 1 aromatic heterocycles. The van der Waals surface area contributed by atoms with Crippen molar-refractivity contribution in [3.8, 4) is 11.8 Å². The van der Waals surface area contributed by atoms with Gasteiger partial charge in [-0.3, -0.25) is 4.79 Å². The van der Waals surface area contributed by atoms with Crippen LogP contribution in [0.25, 0.3) is 0 Å². The first-order chi connectivity index (χ1) is 8.29. The molecule has 0 saturated carbocycles. The number of hydrogen-bond donors (Lipinski definition) is 1. The summed E-state index contributed by atoms with van der Waals surface area (Å²) in [6.07, 6.45) is 2.18. The Balaban J connectivity index is 1.94. The van der Waals surface area contributed by atoms with Crippen LogP contribution in [-0.2, 0) is 11.3 Å². The standard InChI is InChI=1S/C13H15NO2S/c15-7-2-1-4-11-8-12(17-10-11)9-14-6-3-5-13(14)16/h8,10,15H,2-3,5-7,9H2. The summed E-state index contributed by atoms with van der Waals surface area (Å²) >= 11 is 1.64. The number of aliphatic hydroxyl groups is 1. The normalized spacial score (nSPS) is 14.9. The molecule has 0 radical (unpaired) electrons. The van der Waals surface area contributed by atoms with Crippen molar-refractivity contribution in [3.63, 3.8) is 0 Å². The lowest BCUT2D eigenvalue weighted by atomic mass is 10.3. The van der Waals surface area contributed by atoms with Gasteiger partial charge in [0.05, 0.1) is 13.2 Å². The third-order valence-corrected chi connectivity index (χ3v) is 3.56. The average Bonchev–Trinajstić information content (AvgIpc) is 2.91. The fraction of sp³-hybridized carbons (Fsp3) is 0.462. The quantitative estimate of drug-likeness (QED) is 0.827. The molecule has 2 rings (SSSR count). The Bertz CT molecular complexity index is 455. The minimum atomic E-state index is 0.103. The van der Waals surface area contributed by atoms with Gasteiger partial charge in [0.1, 0.15) is 0 Å². The van der Waals surface area contributed by atoms with Crippen LogP contribution in [-0.4, -0.2) is 29.1 Å². The third kappa shape index (κ3) is 3.32. The summed E-state index contributed by atoms with van der Waals surface area (Å²) in [6, 6.07) is 2.03. The topological polar surface area (TPSA) is 40.5 Å². The highest BCUT2D eigenvalue weighted by Crippen LogP contribution is 2.19. The molecule has 1 aromatic rings. The molecular formula is C13H15NO2S. The number of aliphatic hydroxyl groups excluding tert-OH is 1. The first-order valence-corrected chi connectivity index (χ1v) is 6.62. The van der Waals surface area contributed by atoms with Gasteiger partial charge in [0.15, 0.2) is 0 Å². The Kier molecular flexibility index (Phi) is 4.18. The largest absolute Gasteiger partial charge is 0.395 e. The molecule has 0 unspecified atom stereocenters. The monoisotopic (exact) mass is 249 g/mol. The average molecular weight is 249 g/mol. The first-order valence-electron chi connectivity index (χ1n) is 5.74. The second-order valence-corrected chi connectivity index (χ2v) is 4.99. The highest BCUT2D eigenvalue weighted by molar-refractivity contribution is 7.10. The summed E-state index contributed by atoms with van der Waals surface area (Å²) in [4.78, 5) is 14.5. The van der Waals surface area contributed by atoms with E-state index in [1.54, 1.807) is 11.3 Å². The van der Waals surface area contributed by atoms with E-state index in [1.165, 1.54) is 4.88 Å². The van der Waals surface area contributed by atoms with Crippen molar-refractivity contribution >= 4 is 17.2 Å². The van der Waals surface area contributed by atoms with E-state index in [0.29, 0.717) is 19.4 Å². The van der Waals surface area contributed by atoms with Crippen LogP contribution in [0.1, 0.15) is 29.7 Å². The molecule has 1 saturated heterocycles. The van der Waals surface area contributed by atoms with Crippen molar-refractivity contribution in [2.75, 3.05) is 13.2 Å². The molecule has 3 nitrogen and oxygen atoms in total. The first kappa shape index (κ1) is 12.2. The molecule has 1 aliphatic rings. The van der Waals surface area contributed by atoms with Crippen LogP contribution in [0.15, 0.2) is 11.4 Å². The molecule has 2 heterocycles. The lowest BCUT2D eigenvalue weighted by Crippen LogP contribution is -2.23. The maximum absolute atomic E-state index is 11.5. The van der Waals surface area contributed by atoms with E-state index in [0.717, 1.165) is 18.5 Å². The molecule has 0 aromatic carbocycles. The van der Waals surface area contributed by atoms with Gasteiger partial charge in [-0.2, -0.15) is 0 Å². The van der Waals surface area contributed by atoms with Gasteiger partial charge in [0.25, 0.3) is 0 Å². The highest BCUT2D eigenvalue weighted by atomic mass is 32.1. The van der Waals surface area contributed by atoms with Crippen LogP contribution < -0.4 is 0 Å². The Hall–Kier alpha value is -1.31. The summed E-state index contributed by atoms with van der Waals surface area (Å²) in [5.41, 5.74) is 0.977. The number of nitrogens with zero attached hydrogens (tertiary/aromatic N) is 1. The summed E-state index contributed by atoms with van der Waals surface area (Å²) in [5, 5.41) is 10.6. The van der Waals surface area contributed by atoms with Gasteiger partial charge in [-0.15, -0.1) is 11.3 Å². The number of likely N-dealkylation sites (tertiary alicyclic amines) is 1. The maximum Gasteiger partial charge on any atom is 0.222 e. The Morgan fingerprint density at radius 1 is 1.53 bits per heavy atom. The number of carbonyl (C=O) groups excluding carboxylic acids is 1. The zero-order valence-corrected chi connectivity index (χ0v) is 10.4. The molecule has 0 atom stereocenters. The van der Waals surface area contributed by atoms with E-state index >= 15 is 0 Å². The van der Waals surface area contributed by atoms with Crippen LogP contribution in [0.2, 0.25) is 0 Å². The molecule has 90 valence electrons. The van der Waals surface area contributed by atoms with Crippen LogP contribution in [0.4, 0.5) is 0 Å². The number of thiophene rings is 1. The molecule has 0 spiro atoms. The number of carbonyl (C=O) groups is 1. The van der Waals surface area contributed by atoms with Crippen LogP contribution >= 0.6 is 11.3 Å². The summed E-state index contributed by atoms with van der Waals surface area (Å²) in [5.74, 6) is 6.15. The molecule has 1 amide bonds. The van der Waals surface area contributed by atoms with E-state index < -0.39 is 0 Å². The fourth-order valence-electron chi connectivity index (χ4n) is 1.81. The lowest BCUT2D eigenvalue weighted by molar-refractivity contribution is -0.128. The number of rotatable bonds is 3. The fourth-order valence-corrected chi connectivity index (χ4v) is 2.64. The smallest absolute Gasteiger partial charge is 0.222 e. The highest BCUT2D eigenvalue weighted by Gasteiger charge is 2.20. The Morgan fingerprint density at radius 3 is 3.12 bits per heavy atom. The van der Waals surface area contributed by atoms with Crippen LogP contribution in [0, 0.1) is 11.8 Å². The summed E-state index contributed by atoms with van der Waals surface area (Å²) in [7, 11) is 0. The molecule has 1 N–H and O–H groups in total. The summed E-state index contributed by atoms with van der Waals surface area (Å²) < 4.78 is 0. The Labute approximate surface area is 105 Å². The third-order valence-electron chi connectivity index (χ3n) is 2.64. The SMILES string of the molecule is O=C1CCCN1Cc1cc(C#CCCO)cs1. The minimum Gasteiger partial charge on any atom is -0.395 e. The van der Waals surface area contributed by atoms with Crippen molar-refractivity contribution in [2.45, 2.75) is 25.8 Å². The molecule has 17 heavy (non-hydrogen) atoms. The van der Waals surface area contributed by atoms with Crippen molar-refractivity contribution in [3.05, 3.63) is 21.9 Å². The van der Waals surface area contributed by atoms with Gasteiger partial charge in [-0.1, -0.05) is 11.8 Å². The molecule has 0 bridgehead atoms. The predicted octanol–water partition coefficient (Wildman–Crippen LogP) is 1.60. The van der Waals surface area contributed by atoms with Crippen LogP contribution in [0.3, 0.4) is 0 Å².